The van der Waals surface area contributed by atoms with Gasteiger partial charge in [-0.15, -0.1) is 12.4 Å². The molecule has 0 atom stereocenters. The van der Waals surface area contributed by atoms with Crippen LogP contribution >= 0.6 is 12.4 Å². The first-order valence-corrected chi connectivity index (χ1v) is 3.89. The molecule has 0 saturated carbocycles. The molecule has 5 heteroatoms. The van der Waals surface area contributed by atoms with Crippen molar-refractivity contribution in [2.45, 2.75) is 0 Å². The molecule has 2 aromatic heterocycles. The molecule has 0 unspecified atom stereocenters. The molecule has 2 nitrogen and oxygen atoms in total. The van der Waals surface area contributed by atoms with Crippen molar-refractivity contribution in [3.05, 3.63) is 55.1 Å². The number of pyridine rings is 2. The van der Waals surface area contributed by atoms with Crippen LogP contribution in [0.1, 0.15) is 0 Å². The number of nitrogens with one attached hydrogen (secondary N) is 1. The van der Waals surface area contributed by atoms with Crippen LogP contribution in [0.2, 0.25) is 0 Å². The summed E-state index contributed by atoms with van der Waals surface area (Å²) in [5, 5.41) is 0. The fraction of sp³-hybridized carbons (Fsp3) is 0. The first kappa shape index (κ1) is 16.6. The number of nitrogens with zero attached hydrogens (tertiary/aromatic N) is 1. The highest BCUT2D eigenvalue weighted by atomic mass is 35.5. The van der Waals surface area contributed by atoms with E-state index in [1.54, 1.807) is 0 Å². The molecular weight excluding hydrogens is 254 g/mol. The molecule has 0 bridgehead atoms. The highest BCUT2D eigenvalue weighted by Crippen LogP contribution is 1.91. The summed E-state index contributed by atoms with van der Waals surface area (Å²) in [7, 11) is 0. The van der Waals surface area contributed by atoms with Crippen molar-refractivity contribution in [1.29, 1.82) is 0 Å². The van der Waals surface area contributed by atoms with Gasteiger partial charge >= 0.3 is 0 Å². The van der Waals surface area contributed by atoms with Gasteiger partial charge in [-0.05, 0) is 0 Å². The van der Waals surface area contributed by atoms with E-state index < -0.39 is 0 Å². The second-order valence-electron chi connectivity index (χ2n) is 2.54. The highest BCUT2D eigenvalue weighted by Gasteiger charge is 2.02. The van der Waals surface area contributed by atoms with Crippen molar-refractivity contribution in [2.24, 2.45) is 0 Å². The summed E-state index contributed by atoms with van der Waals surface area (Å²) < 4.78 is 2.06. The third-order valence-corrected chi connectivity index (χ3v) is 1.71. The maximum absolute atomic E-state index is 2.99. The van der Waals surface area contributed by atoms with Crippen molar-refractivity contribution in [3.63, 3.8) is 0 Å². The average molecular weight is 266 g/mol. The zero-order valence-corrected chi connectivity index (χ0v) is 10.1. The smallest absolute Gasteiger partial charge is 0.222 e. The normalized spacial score (nSPS) is 7.73. The molecule has 0 aliphatic carbocycles. The second kappa shape index (κ2) is 8.48. The Morgan fingerprint density at radius 3 is 1.93 bits per heavy atom. The van der Waals surface area contributed by atoms with Crippen LogP contribution in [0.3, 0.4) is 0 Å². The zero-order valence-electron chi connectivity index (χ0n) is 7.81. The molecule has 0 radical (unpaired) electrons. The average Bonchev–Trinajstić information content (AvgIpc) is 2.21. The van der Waals surface area contributed by atoms with Crippen LogP contribution in [-0.2, 0) is 0 Å². The molecule has 1 N–H and O–H groups in total. The van der Waals surface area contributed by atoms with Gasteiger partial charge in [0.1, 0.15) is 0 Å². The first-order valence-electron chi connectivity index (χ1n) is 3.89. The fourth-order valence-corrected chi connectivity index (χ4v) is 1.12. The van der Waals surface area contributed by atoms with Gasteiger partial charge < -0.3 is 24.8 Å². The molecule has 2 rings (SSSR count). The molecule has 15 heavy (non-hydrogen) atoms. The lowest BCUT2D eigenvalue weighted by Gasteiger charge is -1.89. The van der Waals surface area contributed by atoms with Crippen LogP contribution in [0.15, 0.2) is 55.1 Å². The summed E-state index contributed by atoms with van der Waals surface area (Å²) in [6.45, 7) is 0. The number of rotatable bonds is 1. The lowest BCUT2D eigenvalue weighted by molar-refractivity contribution is -0.596. The number of hydrogen-bond acceptors (Lipinski definition) is 0. The van der Waals surface area contributed by atoms with Crippen LogP contribution in [0, 0.1) is 0 Å². The van der Waals surface area contributed by atoms with Crippen LogP contribution in [-0.4, -0.2) is 0 Å². The van der Waals surface area contributed by atoms with E-state index >= 15 is 0 Å². The van der Waals surface area contributed by atoms with Crippen LogP contribution in [0.5, 0.6) is 0 Å². The fourth-order valence-electron chi connectivity index (χ4n) is 1.12. The van der Waals surface area contributed by atoms with Gasteiger partial charge in [-0.3, -0.25) is 0 Å². The molecule has 0 aromatic carbocycles. The Kier molecular flexibility index (Phi) is 9.38. The van der Waals surface area contributed by atoms with Crippen LogP contribution < -0.4 is 34.4 Å². The highest BCUT2D eigenvalue weighted by molar-refractivity contribution is 5.85. The maximum Gasteiger partial charge on any atom is 0.222 e. The minimum atomic E-state index is 0. The molecule has 0 fully saturated rings. The van der Waals surface area contributed by atoms with E-state index in [1.165, 1.54) is 0 Å². The van der Waals surface area contributed by atoms with Crippen molar-refractivity contribution in [1.82, 2.24) is 0 Å². The number of H-pyrrole nitrogens is 1. The van der Waals surface area contributed by atoms with E-state index in [2.05, 4.69) is 9.55 Å². The van der Waals surface area contributed by atoms with Gasteiger partial charge in [-0.2, -0.15) is 4.57 Å². The van der Waals surface area contributed by atoms with Gasteiger partial charge in [0.15, 0.2) is 24.8 Å². The molecule has 2 heterocycles. The van der Waals surface area contributed by atoms with E-state index in [0.717, 1.165) is 5.69 Å². The predicted octanol–water partition coefficient (Wildman–Crippen LogP) is -4.79. The number of aromatic amines is 1. The van der Waals surface area contributed by atoms with Crippen LogP contribution in [0.4, 0.5) is 0 Å². The summed E-state index contributed by atoms with van der Waals surface area (Å²) in [4.78, 5) is 2.99. The van der Waals surface area contributed by atoms with Crippen LogP contribution in [0.25, 0.3) is 5.69 Å². The SMILES string of the molecule is Cl.[Cl-].[Cl-].c1cc[n+](-c2cc[nH+]cc2)cc1. The van der Waals surface area contributed by atoms with E-state index in [1.807, 2.05) is 55.1 Å². The quantitative estimate of drug-likeness (QED) is 0.461. The molecule has 0 aliphatic rings. The molecule has 0 amide bonds. The number of halogens is 3. The topological polar surface area (TPSA) is 18.0 Å². The molecule has 82 valence electrons. The minimum absolute atomic E-state index is 0. The zero-order chi connectivity index (χ0) is 8.23. The van der Waals surface area contributed by atoms with Crippen molar-refractivity contribution >= 4 is 12.4 Å². The second-order valence-corrected chi connectivity index (χ2v) is 2.54. The van der Waals surface area contributed by atoms with E-state index in [4.69, 9.17) is 0 Å². The third kappa shape index (κ3) is 4.47. The summed E-state index contributed by atoms with van der Waals surface area (Å²) in [6.07, 6.45) is 7.87. The number of aromatic nitrogens is 2. The van der Waals surface area contributed by atoms with Crippen molar-refractivity contribution in [3.8, 4) is 5.69 Å². The molecule has 0 saturated heterocycles. The Morgan fingerprint density at radius 1 is 0.867 bits per heavy atom. The summed E-state index contributed by atoms with van der Waals surface area (Å²) in [5.41, 5.74) is 1.16. The van der Waals surface area contributed by atoms with Gasteiger partial charge in [0, 0.05) is 12.1 Å². The Labute approximate surface area is 108 Å². The van der Waals surface area contributed by atoms with Gasteiger partial charge in [0.05, 0.1) is 12.1 Å². The standard InChI is InChI=1S/C10H9N2.3ClH/c1-2-8-12(9-3-1)10-4-6-11-7-5-10;;;/h1-9H;3*1H/q+1;;;/p-1. The minimum Gasteiger partial charge on any atom is -1.00 e. The Balaban J connectivity index is 0. The maximum atomic E-state index is 2.99. The van der Waals surface area contributed by atoms with Gasteiger partial charge in [-0.25, -0.2) is 4.98 Å². The molecule has 2 aromatic rings. The summed E-state index contributed by atoms with van der Waals surface area (Å²) >= 11 is 0. The van der Waals surface area contributed by atoms with Crippen molar-refractivity contribution < 1.29 is 34.4 Å². The lowest BCUT2D eigenvalue weighted by atomic mass is 10.4. The molecule has 0 spiro atoms. The first-order chi connectivity index (χ1) is 5.97. The lowest BCUT2D eigenvalue weighted by Crippen LogP contribution is -3.00. The molecule has 0 aliphatic heterocycles. The van der Waals surface area contributed by atoms with Gasteiger partial charge in [0.2, 0.25) is 5.69 Å². The van der Waals surface area contributed by atoms with E-state index in [0.29, 0.717) is 0 Å². The Bertz CT molecular complexity index is 316. The van der Waals surface area contributed by atoms with E-state index in [-0.39, 0.29) is 37.2 Å². The predicted molar refractivity (Wildman–Crippen MR) is 51.8 cm³/mol. The van der Waals surface area contributed by atoms with Gasteiger partial charge in [-0.1, -0.05) is 6.07 Å². The molecular formula is C10H11Cl3N2. The monoisotopic (exact) mass is 264 g/mol. The summed E-state index contributed by atoms with van der Waals surface area (Å²) in [5.74, 6) is 0. The summed E-state index contributed by atoms with van der Waals surface area (Å²) in [6, 6.07) is 10.1. The van der Waals surface area contributed by atoms with E-state index in [9.17, 15) is 0 Å². The third-order valence-electron chi connectivity index (χ3n) is 1.71. The largest absolute Gasteiger partial charge is 1.00 e. The Hall–Kier alpha value is -0.830. The number of hydrogen-bond donors (Lipinski definition) is 0. The van der Waals surface area contributed by atoms with Crippen molar-refractivity contribution in [2.75, 3.05) is 0 Å². The van der Waals surface area contributed by atoms with Gasteiger partial charge in [0.25, 0.3) is 0 Å². The Morgan fingerprint density at radius 2 is 1.40 bits per heavy atom.